The maximum absolute atomic E-state index is 13.4. The molecule has 1 aromatic heterocycles. The summed E-state index contributed by atoms with van der Waals surface area (Å²) in [5.41, 5.74) is 0.510. The summed E-state index contributed by atoms with van der Waals surface area (Å²) in [6.07, 6.45) is 6.53. The van der Waals surface area contributed by atoms with Crippen LogP contribution in [-0.2, 0) is 9.53 Å². The third-order valence-electron chi connectivity index (χ3n) is 6.79. The Morgan fingerprint density at radius 3 is 2.62 bits per heavy atom. The van der Waals surface area contributed by atoms with Crippen molar-refractivity contribution in [2.24, 2.45) is 5.92 Å². The number of ketones is 1. The summed E-state index contributed by atoms with van der Waals surface area (Å²) in [4.78, 5) is 44.7. The van der Waals surface area contributed by atoms with Crippen molar-refractivity contribution < 1.29 is 27.9 Å². The van der Waals surface area contributed by atoms with Crippen molar-refractivity contribution in [3.05, 3.63) is 29.9 Å². The number of rotatable bonds is 8. The first-order valence-electron chi connectivity index (χ1n) is 12.3. The van der Waals surface area contributed by atoms with Crippen LogP contribution in [-0.4, -0.2) is 52.9 Å². The van der Waals surface area contributed by atoms with Crippen LogP contribution in [0, 0.1) is 11.7 Å². The number of halogens is 1. The molecule has 2 amide bonds. The average molecular weight is 474 g/mol. The molecule has 1 saturated heterocycles. The minimum Gasteiger partial charge on any atom is -0.436 e. The Labute approximate surface area is 198 Å². The van der Waals surface area contributed by atoms with Gasteiger partial charge >= 0.3 is 6.09 Å². The zero-order valence-corrected chi connectivity index (χ0v) is 19.6. The van der Waals surface area contributed by atoms with Gasteiger partial charge in [-0.3, -0.25) is 9.59 Å². The first kappa shape index (κ1) is 24.2. The number of likely N-dealkylation sites (tertiary alicyclic amines) is 1. The number of alkyl carbamates (subject to hydrolysis) is 1. The molecule has 2 aromatic rings. The Bertz CT molecular complexity index is 1030. The van der Waals surface area contributed by atoms with Crippen molar-refractivity contribution in [2.45, 2.75) is 76.9 Å². The normalized spacial score (nSPS) is 18.6. The number of benzene rings is 1. The van der Waals surface area contributed by atoms with E-state index >= 15 is 0 Å². The van der Waals surface area contributed by atoms with Gasteiger partial charge in [-0.05, 0) is 43.7 Å². The van der Waals surface area contributed by atoms with E-state index in [9.17, 15) is 18.8 Å². The first-order chi connectivity index (χ1) is 16.4. The second-order valence-corrected chi connectivity index (χ2v) is 9.27. The van der Waals surface area contributed by atoms with Crippen LogP contribution in [0.3, 0.4) is 0 Å². The standard InChI is InChI=1S/C25H32FN3O5/c1-2-18(22(30)23-27-19-11-10-17(26)15-20(19)33-23)28-25(32)34-21(14-16-8-4-3-5-9-16)24(31)29-12-6-7-13-29/h10-11,15-16,18,21H,2-9,12-14H2,1H3,(H,28,32)/t18-,21-/m0/s1. The number of amides is 2. The molecule has 0 unspecified atom stereocenters. The fourth-order valence-electron chi connectivity index (χ4n) is 4.88. The summed E-state index contributed by atoms with van der Waals surface area (Å²) >= 11 is 0. The molecule has 34 heavy (non-hydrogen) atoms. The fourth-order valence-corrected chi connectivity index (χ4v) is 4.88. The monoisotopic (exact) mass is 473 g/mol. The van der Waals surface area contributed by atoms with Crippen molar-refractivity contribution in [1.82, 2.24) is 15.2 Å². The molecule has 1 saturated carbocycles. The molecule has 184 valence electrons. The van der Waals surface area contributed by atoms with E-state index in [1.165, 1.54) is 18.6 Å². The average Bonchev–Trinajstić information content (AvgIpc) is 3.52. The molecular formula is C25H32FN3O5. The highest BCUT2D eigenvalue weighted by molar-refractivity contribution is 5.99. The van der Waals surface area contributed by atoms with Gasteiger partial charge in [0.2, 0.25) is 5.78 Å². The maximum atomic E-state index is 13.4. The lowest BCUT2D eigenvalue weighted by Gasteiger charge is -2.28. The number of oxazole rings is 1. The first-order valence-corrected chi connectivity index (χ1v) is 12.3. The number of fused-ring (bicyclic) bond motifs is 1. The summed E-state index contributed by atoms with van der Waals surface area (Å²) in [6, 6.07) is 2.87. The molecule has 0 bridgehead atoms. The van der Waals surface area contributed by atoms with Crippen LogP contribution in [0.25, 0.3) is 11.1 Å². The van der Waals surface area contributed by atoms with Gasteiger partial charge in [0.25, 0.3) is 11.8 Å². The Hall–Kier alpha value is -2.97. The van der Waals surface area contributed by atoms with Gasteiger partial charge in [-0.15, -0.1) is 0 Å². The molecule has 2 aliphatic rings. The third kappa shape index (κ3) is 5.74. The number of hydrogen-bond donors (Lipinski definition) is 1. The van der Waals surface area contributed by atoms with Gasteiger partial charge in [0.05, 0.1) is 0 Å². The number of carbonyl (C=O) groups is 3. The Balaban J connectivity index is 1.42. The van der Waals surface area contributed by atoms with Gasteiger partial charge in [-0.2, -0.15) is 0 Å². The van der Waals surface area contributed by atoms with Crippen molar-refractivity contribution in [3.8, 4) is 0 Å². The minimum absolute atomic E-state index is 0.154. The lowest BCUT2D eigenvalue weighted by molar-refractivity contribution is -0.140. The summed E-state index contributed by atoms with van der Waals surface area (Å²) in [5, 5.41) is 2.58. The fraction of sp³-hybridized carbons (Fsp3) is 0.600. The largest absolute Gasteiger partial charge is 0.436 e. The highest BCUT2D eigenvalue weighted by Gasteiger charge is 2.33. The molecule has 8 nitrogen and oxygen atoms in total. The third-order valence-corrected chi connectivity index (χ3v) is 6.79. The number of nitrogens with zero attached hydrogens (tertiary/aromatic N) is 2. The zero-order chi connectivity index (χ0) is 24.1. The van der Waals surface area contributed by atoms with Crippen molar-refractivity contribution in [2.75, 3.05) is 13.1 Å². The Morgan fingerprint density at radius 2 is 1.91 bits per heavy atom. The predicted molar refractivity (Wildman–Crippen MR) is 123 cm³/mol. The van der Waals surface area contributed by atoms with E-state index in [1.807, 2.05) is 0 Å². The zero-order valence-electron chi connectivity index (χ0n) is 19.6. The van der Waals surface area contributed by atoms with Gasteiger partial charge in [-0.25, -0.2) is 14.2 Å². The second kappa shape index (κ2) is 11.0. The van der Waals surface area contributed by atoms with Crippen LogP contribution < -0.4 is 5.32 Å². The highest BCUT2D eigenvalue weighted by Crippen LogP contribution is 2.29. The van der Waals surface area contributed by atoms with E-state index < -0.39 is 29.8 Å². The lowest BCUT2D eigenvalue weighted by atomic mass is 9.85. The van der Waals surface area contributed by atoms with Gasteiger partial charge in [0, 0.05) is 19.2 Å². The lowest BCUT2D eigenvalue weighted by Crippen LogP contribution is -2.46. The number of aromatic nitrogens is 1. The minimum atomic E-state index is -0.942. The Morgan fingerprint density at radius 1 is 1.18 bits per heavy atom. The summed E-state index contributed by atoms with van der Waals surface area (Å²) in [5.74, 6) is -1.05. The number of Topliss-reactive ketones (excluding diaryl/α,β-unsaturated/α-hetero) is 1. The van der Waals surface area contributed by atoms with Gasteiger partial charge < -0.3 is 19.4 Å². The summed E-state index contributed by atoms with van der Waals surface area (Å²) in [7, 11) is 0. The SMILES string of the molecule is CC[C@H](NC(=O)O[C@@H](CC1CCCCC1)C(=O)N1CCCC1)C(=O)c1nc2ccc(F)cc2o1. The van der Waals surface area contributed by atoms with Gasteiger partial charge in [0.1, 0.15) is 17.4 Å². The summed E-state index contributed by atoms with van der Waals surface area (Å²) in [6.45, 7) is 3.10. The Kier molecular flexibility index (Phi) is 7.80. The van der Waals surface area contributed by atoms with Crippen LogP contribution in [0.2, 0.25) is 0 Å². The quantitative estimate of drug-likeness (QED) is 0.562. The van der Waals surface area contributed by atoms with Gasteiger partial charge in [0.15, 0.2) is 11.7 Å². The smallest absolute Gasteiger partial charge is 0.408 e. The molecule has 2 fully saturated rings. The molecule has 1 aliphatic carbocycles. The van der Waals surface area contributed by atoms with Crippen molar-refractivity contribution in [1.29, 1.82) is 0 Å². The highest BCUT2D eigenvalue weighted by atomic mass is 19.1. The number of nitrogens with one attached hydrogen (secondary N) is 1. The molecule has 9 heteroatoms. The van der Waals surface area contributed by atoms with Crippen LogP contribution in [0.1, 0.15) is 75.4 Å². The molecule has 2 heterocycles. The van der Waals surface area contributed by atoms with E-state index in [0.29, 0.717) is 30.9 Å². The van der Waals surface area contributed by atoms with Crippen LogP contribution in [0.15, 0.2) is 22.6 Å². The molecule has 1 N–H and O–H groups in total. The molecule has 4 rings (SSSR count). The molecule has 0 spiro atoms. The number of carbonyl (C=O) groups excluding carboxylic acids is 3. The van der Waals surface area contributed by atoms with Crippen molar-refractivity contribution >= 4 is 28.9 Å². The molecular weight excluding hydrogens is 441 g/mol. The van der Waals surface area contributed by atoms with E-state index in [1.54, 1.807) is 11.8 Å². The second-order valence-electron chi connectivity index (χ2n) is 9.27. The number of ether oxygens (including phenoxy) is 1. The molecule has 1 aromatic carbocycles. The van der Waals surface area contributed by atoms with E-state index in [2.05, 4.69) is 10.3 Å². The molecule has 0 radical (unpaired) electrons. The summed E-state index contributed by atoms with van der Waals surface area (Å²) < 4.78 is 24.5. The van der Waals surface area contributed by atoms with E-state index in [0.717, 1.165) is 44.6 Å². The number of hydrogen-bond acceptors (Lipinski definition) is 6. The predicted octanol–water partition coefficient (Wildman–Crippen LogP) is 4.62. The van der Waals surface area contributed by atoms with Crippen molar-refractivity contribution in [3.63, 3.8) is 0 Å². The van der Waals surface area contributed by atoms with Crippen LogP contribution in [0.4, 0.5) is 9.18 Å². The van der Waals surface area contributed by atoms with E-state index in [-0.39, 0.29) is 23.8 Å². The maximum Gasteiger partial charge on any atom is 0.408 e. The van der Waals surface area contributed by atoms with Crippen LogP contribution in [0.5, 0.6) is 0 Å². The van der Waals surface area contributed by atoms with E-state index in [4.69, 9.17) is 9.15 Å². The topological polar surface area (TPSA) is 102 Å². The molecule has 1 aliphatic heterocycles. The van der Waals surface area contributed by atoms with Crippen LogP contribution >= 0.6 is 0 Å². The van der Waals surface area contributed by atoms with Gasteiger partial charge in [-0.1, -0.05) is 39.0 Å². The molecule has 2 atom stereocenters.